The van der Waals surface area contributed by atoms with Crippen molar-refractivity contribution in [2.24, 2.45) is 5.92 Å². The Kier molecular flexibility index (Phi) is 6.03. The van der Waals surface area contributed by atoms with Crippen LogP contribution in [0.3, 0.4) is 0 Å². The number of nitro groups is 1. The van der Waals surface area contributed by atoms with Crippen LogP contribution in [0.1, 0.15) is 20.3 Å². The molecule has 0 aliphatic carbocycles. The molecule has 0 heterocycles. The third-order valence-electron chi connectivity index (χ3n) is 2.71. The molecule has 0 bridgehead atoms. The summed E-state index contributed by atoms with van der Waals surface area (Å²) in [7, 11) is -4.35. The van der Waals surface area contributed by atoms with E-state index in [0.717, 1.165) is 12.1 Å². The molecule has 0 aliphatic rings. The van der Waals surface area contributed by atoms with Crippen molar-refractivity contribution >= 4 is 37.6 Å². The van der Waals surface area contributed by atoms with Crippen molar-refractivity contribution < 1.29 is 23.2 Å². The van der Waals surface area contributed by atoms with Gasteiger partial charge in [0, 0.05) is 10.5 Å². The Morgan fingerprint density at radius 3 is 2.50 bits per heavy atom. The van der Waals surface area contributed by atoms with Crippen LogP contribution in [0, 0.1) is 16.0 Å². The van der Waals surface area contributed by atoms with E-state index < -0.39 is 37.5 Å². The van der Waals surface area contributed by atoms with E-state index in [1.54, 1.807) is 13.8 Å². The van der Waals surface area contributed by atoms with E-state index in [2.05, 4.69) is 15.9 Å². The number of aliphatic carboxylic acids is 1. The number of hydrogen-bond acceptors (Lipinski definition) is 5. The molecule has 1 aromatic rings. The molecule has 0 aliphatic heterocycles. The first-order valence-corrected chi connectivity index (χ1v) is 8.51. The first kappa shape index (κ1) is 18.5. The second kappa shape index (κ2) is 7.16. The molecule has 0 unspecified atom stereocenters. The molecule has 1 atom stereocenters. The normalized spacial score (nSPS) is 13.1. The molecule has 2 N–H and O–H groups in total. The van der Waals surface area contributed by atoms with Crippen molar-refractivity contribution in [2.45, 2.75) is 31.2 Å². The summed E-state index contributed by atoms with van der Waals surface area (Å²) in [5.41, 5.74) is -0.621. The Labute approximate surface area is 135 Å². The van der Waals surface area contributed by atoms with Crippen LogP contribution in [0.5, 0.6) is 0 Å². The molecule has 0 aromatic heterocycles. The van der Waals surface area contributed by atoms with Gasteiger partial charge in [-0.25, -0.2) is 8.42 Å². The number of halogens is 1. The van der Waals surface area contributed by atoms with Crippen LogP contribution in [0.25, 0.3) is 0 Å². The van der Waals surface area contributed by atoms with Gasteiger partial charge in [-0.05, 0) is 24.5 Å². The zero-order valence-corrected chi connectivity index (χ0v) is 14.2. The van der Waals surface area contributed by atoms with Gasteiger partial charge in [-0.2, -0.15) is 4.72 Å². The number of carboxylic acid groups (broad SMARTS) is 1. The second-order valence-electron chi connectivity index (χ2n) is 5.01. The number of hydrogen-bond donors (Lipinski definition) is 2. The van der Waals surface area contributed by atoms with Crippen molar-refractivity contribution in [3.8, 4) is 0 Å². The predicted molar refractivity (Wildman–Crippen MR) is 82.0 cm³/mol. The average Bonchev–Trinajstić information content (AvgIpc) is 2.36. The number of carboxylic acids is 1. The molecule has 0 saturated carbocycles. The van der Waals surface area contributed by atoms with Gasteiger partial charge in [0.1, 0.15) is 6.04 Å². The molecular formula is C12H15BrN2O6S. The Hall–Kier alpha value is -1.52. The summed E-state index contributed by atoms with van der Waals surface area (Å²) in [5, 5.41) is 20.1. The van der Waals surface area contributed by atoms with E-state index in [-0.39, 0.29) is 12.3 Å². The van der Waals surface area contributed by atoms with E-state index >= 15 is 0 Å². The maximum absolute atomic E-state index is 12.3. The zero-order valence-electron chi connectivity index (χ0n) is 11.8. The van der Waals surface area contributed by atoms with Crippen LogP contribution in [0.2, 0.25) is 0 Å². The lowest BCUT2D eigenvalue weighted by molar-refractivity contribution is -0.387. The van der Waals surface area contributed by atoms with E-state index in [4.69, 9.17) is 5.11 Å². The third kappa shape index (κ3) is 4.75. The number of nitrogens with zero attached hydrogens (tertiary/aromatic N) is 1. The summed E-state index contributed by atoms with van der Waals surface area (Å²) in [6.07, 6.45) is 0.0658. The first-order valence-electron chi connectivity index (χ1n) is 6.23. The molecular weight excluding hydrogens is 380 g/mol. The van der Waals surface area contributed by atoms with Gasteiger partial charge in [-0.3, -0.25) is 14.9 Å². The summed E-state index contributed by atoms with van der Waals surface area (Å²) < 4.78 is 27.0. The molecule has 8 nitrogen and oxygen atoms in total. The maximum Gasteiger partial charge on any atom is 0.321 e. The molecule has 0 spiro atoms. The lowest BCUT2D eigenvalue weighted by atomic mass is 10.1. The fourth-order valence-corrected chi connectivity index (χ4v) is 3.69. The Balaban J connectivity index is 3.26. The van der Waals surface area contributed by atoms with Crippen LogP contribution < -0.4 is 4.72 Å². The van der Waals surface area contributed by atoms with Crippen LogP contribution >= 0.6 is 15.9 Å². The quantitative estimate of drug-likeness (QED) is 0.538. The average molecular weight is 395 g/mol. The monoisotopic (exact) mass is 394 g/mol. The van der Waals surface area contributed by atoms with E-state index in [1.165, 1.54) is 6.07 Å². The lowest BCUT2D eigenvalue weighted by Gasteiger charge is -2.16. The van der Waals surface area contributed by atoms with Gasteiger partial charge in [0.25, 0.3) is 5.69 Å². The van der Waals surface area contributed by atoms with Crippen molar-refractivity contribution in [3.05, 3.63) is 32.8 Å². The Bertz CT molecular complexity index is 689. The zero-order chi connectivity index (χ0) is 17.1. The number of benzene rings is 1. The summed E-state index contributed by atoms with van der Waals surface area (Å²) in [6.45, 7) is 3.48. The largest absolute Gasteiger partial charge is 0.480 e. The van der Waals surface area contributed by atoms with Crippen molar-refractivity contribution in [2.75, 3.05) is 0 Å². The second-order valence-corrected chi connectivity index (χ2v) is 7.61. The van der Waals surface area contributed by atoms with Gasteiger partial charge in [0.15, 0.2) is 4.90 Å². The molecule has 22 heavy (non-hydrogen) atoms. The fraction of sp³-hybridized carbons (Fsp3) is 0.417. The Morgan fingerprint density at radius 1 is 1.45 bits per heavy atom. The van der Waals surface area contributed by atoms with Crippen molar-refractivity contribution in [1.29, 1.82) is 0 Å². The number of nitro benzene ring substituents is 1. The van der Waals surface area contributed by atoms with Gasteiger partial charge in [-0.1, -0.05) is 29.8 Å². The fourth-order valence-electron chi connectivity index (χ4n) is 1.78. The topological polar surface area (TPSA) is 127 Å². The Morgan fingerprint density at radius 2 is 2.05 bits per heavy atom. The van der Waals surface area contributed by atoms with Crippen LogP contribution in [0.15, 0.2) is 27.6 Å². The van der Waals surface area contributed by atoms with Crippen LogP contribution in [-0.4, -0.2) is 30.5 Å². The molecule has 10 heteroatoms. The minimum atomic E-state index is -4.35. The lowest BCUT2D eigenvalue weighted by Crippen LogP contribution is -2.41. The van der Waals surface area contributed by atoms with Crippen molar-refractivity contribution in [3.63, 3.8) is 0 Å². The van der Waals surface area contributed by atoms with E-state index in [1.807, 2.05) is 4.72 Å². The summed E-state index contributed by atoms with van der Waals surface area (Å²) >= 11 is 3.04. The number of rotatable bonds is 7. The molecule has 1 rings (SSSR count). The van der Waals surface area contributed by atoms with Gasteiger partial charge in [-0.15, -0.1) is 0 Å². The highest BCUT2D eigenvalue weighted by Gasteiger charge is 2.31. The summed E-state index contributed by atoms with van der Waals surface area (Å²) in [4.78, 5) is 20.7. The molecule has 122 valence electrons. The van der Waals surface area contributed by atoms with Gasteiger partial charge in [0.05, 0.1) is 4.92 Å². The summed E-state index contributed by atoms with van der Waals surface area (Å²) in [6, 6.07) is 2.08. The minimum absolute atomic E-state index is 0.0658. The number of carbonyl (C=O) groups is 1. The SMILES string of the molecule is CC(C)C[C@H](NS(=O)(=O)c1cc(Br)ccc1[N+](=O)[O-])C(=O)O. The van der Waals surface area contributed by atoms with E-state index in [9.17, 15) is 23.3 Å². The first-order chi connectivity index (χ1) is 10.0. The highest BCUT2D eigenvalue weighted by molar-refractivity contribution is 9.10. The third-order valence-corrected chi connectivity index (χ3v) is 4.70. The van der Waals surface area contributed by atoms with Crippen molar-refractivity contribution in [1.82, 2.24) is 4.72 Å². The predicted octanol–water partition coefficient (Wildman–Crippen LogP) is 2.13. The smallest absolute Gasteiger partial charge is 0.321 e. The molecule has 0 amide bonds. The van der Waals surface area contributed by atoms with Gasteiger partial charge < -0.3 is 5.11 Å². The van der Waals surface area contributed by atoms with Gasteiger partial charge >= 0.3 is 5.97 Å². The summed E-state index contributed by atoms with van der Waals surface area (Å²) in [5.74, 6) is -1.41. The standard InChI is InChI=1S/C12H15BrN2O6S/c1-7(2)5-9(12(16)17)14-22(20,21)11-6-8(13)3-4-10(11)15(18)19/h3-4,6-7,9,14H,5H2,1-2H3,(H,16,17)/t9-/m0/s1. The molecule has 0 fully saturated rings. The number of nitrogens with one attached hydrogen (secondary N) is 1. The molecule has 0 radical (unpaired) electrons. The van der Waals surface area contributed by atoms with E-state index in [0.29, 0.717) is 4.47 Å². The van der Waals surface area contributed by atoms with Crippen LogP contribution in [-0.2, 0) is 14.8 Å². The molecule has 1 aromatic carbocycles. The maximum atomic E-state index is 12.3. The highest BCUT2D eigenvalue weighted by Crippen LogP contribution is 2.27. The number of sulfonamides is 1. The molecule has 0 saturated heterocycles. The van der Waals surface area contributed by atoms with Gasteiger partial charge in [0.2, 0.25) is 10.0 Å². The highest BCUT2D eigenvalue weighted by atomic mass is 79.9. The minimum Gasteiger partial charge on any atom is -0.480 e. The van der Waals surface area contributed by atoms with Crippen LogP contribution in [0.4, 0.5) is 5.69 Å².